The number of rotatable bonds is 12. The molecule has 7 nitrogen and oxygen atoms in total. The molecule has 1 aromatic heterocycles. The molecule has 0 aliphatic heterocycles. The monoisotopic (exact) mass is 410 g/mol. The fourth-order valence-electron chi connectivity index (χ4n) is 2.82. The van der Waals surface area contributed by atoms with Crippen molar-refractivity contribution in [3.63, 3.8) is 0 Å². The molecule has 0 saturated heterocycles. The molecule has 1 aliphatic rings. The van der Waals surface area contributed by atoms with E-state index in [2.05, 4.69) is 5.32 Å². The van der Waals surface area contributed by atoms with Gasteiger partial charge in [-0.25, -0.2) is 4.79 Å². The first-order valence-electron chi connectivity index (χ1n) is 9.94. The third-order valence-corrected chi connectivity index (χ3v) is 5.59. The number of aryl methyl sites for hydroxylation is 1. The number of amides is 1. The molecule has 1 aliphatic carbocycles. The number of hydrogen-bond donors (Lipinski definition) is 1. The summed E-state index contributed by atoms with van der Waals surface area (Å²) < 4.78 is 10.1. The van der Waals surface area contributed by atoms with E-state index in [0.29, 0.717) is 29.6 Å². The van der Waals surface area contributed by atoms with E-state index in [4.69, 9.17) is 9.47 Å². The predicted octanol–water partition coefficient (Wildman–Crippen LogP) is 3.09. The average Bonchev–Trinajstić information content (AvgIpc) is 3.37. The Labute approximate surface area is 170 Å². The molecule has 1 saturated carbocycles. The van der Waals surface area contributed by atoms with Crippen LogP contribution in [0.3, 0.4) is 0 Å². The SMILES string of the molecule is CCOC(=O)CCN(CC(=O)Nc1sc(CC)cc1C(=O)OCC)CC1CC1. The van der Waals surface area contributed by atoms with E-state index < -0.39 is 5.97 Å². The molecule has 1 amide bonds. The largest absolute Gasteiger partial charge is 0.466 e. The van der Waals surface area contributed by atoms with Gasteiger partial charge in [0.05, 0.1) is 31.7 Å². The molecule has 1 fully saturated rings. The molecular weight excluding hydrogens is 380 g/mol. The Morgan fingerprint density at radius 1 is 1.18 bits per heavy atom. The molecule has 0 atom stereocenters. The van der Waals surface area contributed by atoms with Gasteiger partial charge in [-0.05, 0) is 45.1 Å². The number of esters is 2. The summed E-state index contributed by atoms with van der Waals surface area (Å²) in [5.74, 6) is -0.275. The van der Waals surface area contributed by atoms with Crippen LogP contribution in [0.5, 0.6) is 0 Å². The lowest BCUT2D eigenvalue weighted by atomic mass is 10.2. The van der Waals surface area contributed by atoms with E-state index in [1.165, 1.54) is 11.3 Å². The minimum Gasteiger partial charge on any atom is -0.466 e. The molecule has 1 N–H and O–H groups in total. The van der Waals surface area contributed by atoms with Gasteiger partial charge in [0.15, 0.2) is 0 Å². The maximum Gasteiger partial charge on any atom is 0.341 e. The van der Waals surface area contributed by atoms with E-state index in [0.717, 1.165) is 30.7 Å². The fraction of sp³-hybridized carbons (Fsp3) is 0.650. The topological polar surface area (TPSA) is 84.9 Å². The number of nitrogens with one attached hydrogen (secondary N) is 1. The molecule has 1 heterocycles. The number of anilines is 1. The first-order chi connectivity index (χ1) is 13.5. The minimum atomic E-state index is -0.425. The van der Waals surface area contributed by atoms with Crippen molar-refractivity contribution < 1.29 is 23.9 Å². The van der Waals surface area contributed by atoms with Crippen molar-refractivity contribution in [2.45, 2.75) is 46.5 Å². The number of carbonyl (C=O) groups is 3. The molecule has 28 heavy (non-hydrogen) atoms. The van der Waals surface area contributed by atoms with Gasteiger partial charge in [0.2, 0.25) is 5.91 Å². The zero-order valence-corrected chi connectivity index (χ0v) is 17.7. The fourth-order valence-corrected chi connectivity index (χ4v) is 3.82. The number of ether oxygens (including phenoxy) is 2. The van der Waals surface area contributed by atoms with Crippen LogP contribution in [0, 0.1) is 5.92 Å². The van der Waals surface area contributed by atoms with Crippen LogP contribution < -0.4 is 5.32 Å². The van der Waals surface area contributed by atoms with Crippen molar-refractivity contribution in [1.29, 1.82) is 0 Å². The van der Waals surface area contributed by atoms with Crippen LogP contribution in [-0.2, 0) is 25.5 Å². The van der Waals surface area contributed by atoms with Crippen LogP contribution in [0.15, 0.2) is 6.07 Å². The highest BCUT2D eigenvalue weighted by atomic mass is 32.1. The van der Waals surface area contributed by atoms with E-state index in [1.807, 2.05) is 11.8 Å². The Balaban J connectivity index is 1.98. The van der Waals surface area contributed by atoms with Gasteiger partial charge < -0.3 is 14.8 Å². The molecule has 0 spiro atoms. The Kier molecular flexibility index (Phi) is 8.92. The van der Waals surface area contributed by atoms with Gasteiger partial charge in [-0.2, -0.15) is 0 Å². The van der Waals surface area contributed by atoms with Crippen LogP contribution in [0.2, 0.25) is 0 Å². The maximum absolute atomic E-state index is 12.6. The van der Waals surface area contributed by atoms with Gasteiger partial charge in [-0.1, -0.05) is 6.92 Å². The van der Waals surface area contributed by atoms with Gasteiger partial charge in [-0.15, -0.1) is 11.3 Å². The Hall–Kier alpha value is -1.93. The maximum atomic E-state index is 12.6. The highest BCUT2D eigenvalue weighted by molar-refractivity contribution is 7.16. The number of carbonyl (C=O) groups excluding carboxylic acids is 3. The molecule has 1 aromatic rings. The van der Waals surface area contributed by atoms with Crippen molar-refractivity contribution in [3.05, 3.63) is 16.5 Å². The van der Waals surface area contributed by atoms with E-state index in [1.54, 1.807) is 19.9 Å². The molecule has 156 valence electrons. The molecule has 0 aromatic carbocycles. The highest BCUT2D eigenvalue weighted by Gasteiger charge is 2.26. The first kappa shape index (κ1) is 22.4. The zero-order valence-electron chi connectivity index (χ0n) is 16.9. The third-order valence-electron chi connectivity index (χ3n) is 4.40. The van der Waals surface area contributed by atoms with Crippen LogP contribution in [0.4, 0.5) is 5.00 Å². The van der Waals surface area contributed by atoms with Crippen LogP contribution in [0.1, 0.15) is 55.3 Å². The van der Waals surface area contributed by atoms with Crippen molar-refractivity contribution in [2.75, 3.05) is 38.2 Å². The van der Waals surface area contributed by atoms with Crippen molar-refractivity contribution in [2.24, 2.45) is 5.92 Å². The van der Waals surface area contributed by atoms with Crippen LogP contribution >= 0.6 is 11.3 Å². The number of nitrogens with zero attached hydrogens (tertiary/aromatic N) is 1. The second-order valence-corrected chi connectivity index (χ2v) is 7.95. The Bertz CT molecular complexity index is 684. The van der Waals surface area contributed by atoms with Gasteiger partial charge in [-0.3, -0.25) is 14.5 Å². The van der Waals surface area contributed by atoms with Gasteiger partial charge in [0.1, 0.15) is 5.00 Å². The Morgan fingerprint density at radius 3 is 2.50 bits per heavy atom. The highest BCUT2D eigenvalue weighted by Crippen LogP contribution is 2.31. The van der Waals surface area contributed by atoms with Gasteiger partial charge >= 0.3 is 11.9 Å². The standard InChI is InChI=1S/C20H30N2O5S/c1-4-15-11-16(20(25)27-6-3)19(28-15)21-17(23)13-22(12-14-7-8-14)10-9-18(24)26-5-2/h11,14H,4-10,12-13H2,1-3H3,(H,21,23). The summed E-state index contributed by atoms with van der Waals surface area (Å²) in [6.07, 6.45) is 3.37. The lowest BCUT2D eigenvalue weighted by Gasteiger charge is -2.21. The van der Waals surface area contributed by atoms with Gasteiger partial charge in [0.25, 0.3) is 0 Å². The van der Waals surface area contributed by atoms with Crippen molar-refractivity contribution in [1.82, 2.24) is 4.90 Å². The van der Waals surface area contributed by atoms with Crippen molar-refractivity contribution >= 4 is 34.2 Å². The lowest BCUT2D eigenvalue weighted by molar-refractivity contribution is -0.143. The summed E-state index contributed by atoms with van der Waals surface area (Å²) in [5, 5.41) is 3.39. The molecule has 0 bridgehead atoms. The first-order valence-corrected chi connectivity index (χ1v) is 10.8. The summed E-state index contributed by atoms with van der Waals surface area (Å²) >= 11 is 1.39. The van der Waals surface area contributed by atoms with Crippen LogP contribution in [0.25, 0.3) is 0 Å². The average molecular weight is 411 g/mol. The molecule has 8 heteroatoms. The van der Waals surface area contributed by atoms with E-state index in [9.17, 15) is 14.4 Å². The molecule has 0 unspecified atom stereocenters. The lowest BCUT2D eigenvalue weighted by Crippen LogP contribution is -2.36. The summed E-state index contributed by atoms with van der Waals surface area (Å²) in [4.78, 5) is 39.4. The predicted molar refractivity (Wildman–Crippen MR) is 109 cm³/mol. The third kappa shape index (κ3) is 7.24. The smallest absolute Gasteiger partial charge is 0.341 e. The summed E-state index contributed by atoms with van der Waals surface area (Å²) in [5.41, 5.74) is 0.400. The second-order valence-electron chi connectivity index (χ2n) is 6.81. The number of hydrogen-bond acceptors (Lipinski definition) is 7. The summed E-state index contributed by atoms with van der Waals surface area (Å²) in [6, 6.07) is 1.78. The summed E-state index contributed by atoms with van der Waals surface area (Å²) in [7, 11) is 0. The molecule has 2 rings (SSSR count). The second kappa shape index (κ2) is 11.2. The normalized spacial score (nSPS) is 13.4. The zero-order chi connectivity index (χ0) is 20.5. The van der Waals surface area contributed by atoms with Crippen molar-refractivity contribution in [3.8, 4) is 0 Å². The molecular formula is C20H30N2O5S. The number of thiophene rings is 1. The minimum absolute atomic E-state index is 0.178. The van der Waals surface area contributed by atoms with Crippen LogP contribution in [-0.4, -0.2) is 55.6 Å². The summed E-state index contributed by atoms with van der Waals surface area (Å²) in [6.45, 7) is 7.63. The quantitative estimate of drug-likeness (QED) is 0.533. The Morgan fingerprint density at radius 2 is 1.89 bits per heavy atom. The van der Waals surface area contributed by atoms with Gasteiger partial charge in [0, 0.05) is 18.0 Å². The van der Waals surface area contributed by atoms with E-state index in [-0.39, 0.29) is 31.4 Å². The molecule has 0 radical (unpaired) electrons. The van der Waals surface area contributed by atoms with E-state index >= 15 is 0 Å².